The van der Waals surface area contributed by atoms with Crippen molar-refractivity contribution in [1.29, 1.82) is 0 Å². The van der Waals surface area contributed by atoms with Crippen LogP contribution in [0.2, 0.25) is 0 Å². The van der Waals surface area contributed by atoms with E-state index >= 15 is 0 Å². The van der Waals surface area contributed by atoms with E-state index in [2.05, 4.69) is 28.9 Å². The maximum Gasteiger partial charge on any atom is 0.128 e. The summed E-state index contributed by atoms with van der Waals surface area (Å²) in [6.07, 6.45) is 4.57. The zero-order valence-electron chi connectivity index (χ0n) is 9.45. The molecule has 2 heterocycles. The minimum atomic E-state index is 1.14. The van der Waals surface area contributed by atoms with E-state index in [0.29, 0.717) is 0 Å². The predicted molar refractivity (Wildman–Crippen MR) is 61.8 cm³/mol. The lowest BCUT2D eigenvalue weighted by atomic mass is 10.3. The lowest BCUT2D eigenvalue weighted by Crippen LogP contribution is -2.18. The Balaban J connectivity index is 0.000000461. The van der Waals surface area contributed by atoms with Gasteiger partial charge in [-0.2, -0.15) is 0 Å². The zero-order chi connectivity index (χ0) is 10.4. The van der Waals surface area contributed by atoms with Crippen molar-refractivity contribution in [3.05, 3.63) is 23.9 Å². The van der Waals surface area contributed by atoms with E-state index in [9.17, 15) is 0 Å². The number of rotatable bonds is 1. The molecule has 0 unspecified atom stereocenters. The van der Waals surface area contributed by atoms with Crippen LogP contribution in [0.15, 0.2) is 18.3 Å². The molecule has 1 fully saturated rings. The van der Waals surface area contributed by atoms with Gasteiger partial charge < -0.3 is 4.90 Å². The molecule has 0 radical (unpaired) electrons. The van der Waals surface area contributed by atoms with Crippen molar-refractivity contribution in [3.8, 4) is 0 Å². The second-order valence-electron chi connectivity index (χ2n) is 3.39. The molecule has 1 aliphatic rings. The van der Waals surface area contributed by atoms with E-state index in [0.717, 1.165) is 5.82 Å². The van der Waals surface area contributed by atoms with Crippen molar-refractivity contribution in [2.75, 3.05) is 18.0 Å². The molecular formula is C12H20N2. The van der Waals surface area contributed by atoms with Gasteiger partial charge in [0.15, 0.2) is 0 Å². The summed E-state index contributed by atoms with van der Waals surface area (Å²) in [6, 6.07) is 4.24. The summed E-state index contributed by atoms with van der Waals surface area (Å²) in [6.45, 7) is 8.42. The van der Waals surface area contributed by atoms with Crippen LogP contribution in [0.3, 0.4) is 0 Å². The first kappa shape index (κ1) is 11.0. The van der Waals surface area contributed by atoms with E-state index in [1.807, 2.05) is 20.0 Å². The van der Waals surface area contributed by atoms with Gasteiger partial charge in [-0.1, -0.05) is 19.9 Å². The molecular weight excluding hydrogens is 172 g/mol. The van der Waals surface area contributed by atoms with Crippen LogP contribution in [-0.2, 0) is 0 Å². The Morgan fingerprint density at radius 3 is 2.29 bits per heavy atom. The lowest BCUT2D eigenvalue weighted by molar-refractivity contribution is 0.935. The fourth-order valence-corrected chi connectivity index (χ4v) is 1.59. The van der Waals surface area contributed by atoms with Crippen LogP contribution >= 0.6 is 0 Å². The van der Waals surface area contributed by atoms with Crippen LogP contribution in [-0.4, -0.2) is 18.1 Å². The maximum atomic E-state index is 4.39. The molecule has 0 aromatic carbocycles. The molecule has 2 rings (SSSR count). The summed E-state index contributed by atoms with van der Waals surface area (Å²) in [4.78, 5) is 6.73. The third kappa shape index (κ3) is 2.72. The van der Waals surface area contributed by atoms with E-state index in [1.54, 1.807) is 0 Å². The molecule has 2 nitrogen and oxygen atoms in total. The minimum Gasteiger partial charge on any atom is -0.357 e. The lowest BCUT2D eigenvalue weighted by Gasteiger charge is -2.15. The zero-order valence-corrected chi connectivity index (χ0v) is 9.45. The van der Waals surface area contributed by atoms with E-state index < -0.39 is 0 Å². The maximum absolute atomic E-state index is 4.39. The van der Waals surface area contributed by atoms with Crippen LogP contribution in [0.1, 0.15) is 32.3 Å². The monoisotopic (exact) mass is 192 g/mol. The summed E-state index contributed by atoms with van der Waals surface area (Å²) in [5.41, 5.74) is 1.23. The summed E-state index contributed by atoms with van der Waals surface area (Å²) in [5, 5.41) is 0. The van der Waals surface area contributed by atoms with Crippen molar-refractivity contribution >= 4 is 5.82 Å². The Labute approximate surface area is 87.0 Å². The summed E-state index contributed by atoms with van der Waals surface area (Å²) in [5.74, 6) is 1.14. The van der Waals surface area contributed by atoms with Gasteiger partial charge in [-0.3, -0.25) is 0 Å². The SMILES string of the molecule is CC.Cc1ccc(N2CCCC2)nc1. The van der Waals surface area contributed by atoms with Crippen LogP contribution in [0.5, 0.6) is 0 Å². The van der Waals surface area contributed by atoms with Crippen LogP contribution in [0.4, 0.5) is 5.82 Å². The Morgan fingerprint density at radius 2 is 1.79 bits per heavy atom. The van der Waals surface area contributed by atoms with E-state index in [-0.39, 0.29) is 0 Å². The molecule has 1 saturated heterocycles. The molecule has 0 spiro atoms. The normalized spacial score (nSPS) is 14.9. The summed E-state index contributed by atoms with van der Waals surface area (Å²) < 4.78 is 0. The van der Waals surface area contributed by atoms with Crippen LogP contribution < -0.4 is 4.90 Å². The third-order valence-corrected chi connectivity index (χ3v) is 2.33. The van der Waals surface area contributed by atoms with Gasteiger partial charge in [-0.25, -0.2) is 4.98 Å². The Bertz CT molecular complexity index is 248. The highest BCUT2D eigenvalue weighted by molar-refractivity contribution is 5.39. The van der Waals surface area contributed by atoms with Gasteiger partial charge in [-0.15, -0.1) is 0 Å². The molecule has 2 heteroatoms. The number of anilines is 1. The summed E-state index contributed by atoms with van der Waals surface area (Å²) in [7, 11) is 0. The average Bonchev–Trinajstić information content (AvgIpc) is 2.75. The van der Waals surface area contributed by atoms with Gasteiger partial charge >= 0.3 is 0 Å². The molecule has 1 aliphatic heterocycles. The molecule has 0 aliphatic carbocycles. The van der Waals surface area contributed by atoms with E-state index in [4.69, 9.17) is 0 Å². The number of aromatic nitrogens is 1. The molecule has 0 N–H and O–H groups in total. The Morgan fingerprint density at radius 1 is 1.14 bits per heavy atom. The van der Waals surface area contributed by atoms with Crippen molar-refractivity contribution in [2.24, 2.45) is 0 Å². The van der Waals surface area contributed by atoms with Crippen molar-refractivity contribution in [2.45, 2.75) is 33.6 Å². The molecule has 1 aromatic rings. The quantitative estimate of drug-likeness (QED) is 0.680. The van der Waals surface area contributed by atoms with Crippen molar-refractivity contribution < 1.29 is 0 Å². The molecule has 0 bridgehead atoms. The second-order valence-corrected chi connectivity index (χ2v) is 3.39. The number of aryl methyl sites for hydroxylation is 1. The highest BCUT2D eigenvalue weighted by atomic mass is 15.2. The fourth-order valence-electron chi connectivity index (χ4n) is 1.59. The third-order valence-electron chi connectivity index (χ3n) is 2.33. The highest BCUT2D eigenvalue weighted by Crippen LogP contribution is 2.16. The van der Waals surface area contributed by atoms with Gasteiger partial charge in [0.25, 0.3) is 0 Å². The first-order valence-electron chi connectivity index (χ1n) is 5.54. The largest absolute Gasteiger partial charge is 0.357 e. The topological polar surface area (TPSA) is 16.1 Å². The van der Waals surface area contributed by atoms with Crippen LogP contribution in [0, 0.1) is 6.92 Å². The standard InChI is InChI=1S/C10H14N2.C2H6/c1-9-4-5-10(11-8-9)12-6-2-3-7-12;1-2/h4-5,8H,2-3,6-7H2,1H3;1-2H3. The molecule has 0 atom stereocenters. The number of hydrogen-bond donors (Lipinski definition) is 0. The predicted octanol–water partition coefficient (Wildman–Crippen LogP) is 3.02. The first-order chi connectivity index (χ1) is 6.86. The Kier molecular flexibility index (Phi) is 4.44. The second kappa shape index (κ2) is 5.63. The van der Waals surface area contributed by atoms with Gasteiger partial charge in [0.2, 0.25) is 0 Å². The Hall–Kier alpha value is -1.05. The van der Waals surface area contributed by atoms with E-state index in [1.165, 1.54) is 31.5 Å². The van der Waals surface area contributed by atoms with Crippen molar-refractivity contribution in [1.82, 2.24) is 4.98 Å². The molecule has 0 amide bonds. The van der Waals surface area contributed by atoms with Crippen molar-refractivity contribution in [3.63, 3.8) is 0 Å². The van der Waals surface area contributed by atoms with Gasteiger partial charge in [-0.05, 0) is 31.4 Å². The smallest absolute Gasteiger partial charge is 0.128 e. The van der Waals surface area contributed by atoms with Gasteiger partial charge in [0, 0.05) is 19.3 Å². The molecule has 1 aromatic heterocycles. The summed E-state index contributed by atoms with van der Waals surface area (Å²) >= 11 is 0. The van der Waals surface area contributed by atoms with Gasteiger partial charge in [0.05, 0.1) is 0 Å². The fraction of sp³-hybridized carbons (Fsp3) is 0.583. The molecule has 78 valence electrons. The highest BCUT2D eigenvalue weighted by Gasteiger charge is 2.12. The molecule has 14 heavy (non-hydrogen) atoms. The number of hydrogen-bond acceptors (Lipinski definition) is 2. The number of pyridine rings is 1. The average molecular weight is 192 g/mol. The number of nitrogens with zero attached hydrogens (tertiary/aromatic N) is 2. The van der Waals surface area contributed by atoms with Crippen LogP contribution in [0.25, 0.3) is 0 Å². The first-order valence-corrected chi connectivity index (χ1v) is 5.54. The molecule has 0 saturated carbocycles. The minimum absolute atomic E-state index is 1.14. The van der Waals surface area contributed by atoms with Gasteiger partial charge in [0.1, 0.15) is 5.82 Å².